The van der Waals surface area contributed by atoms with Crippen molar-refractivity contribution < 1.29 is 14.3 Å². The van der Waals surface area contributed by atoms with Gasteiger partial charge in [-0.15, -0.1) is 0 Å². The van der Waals surface area contributed by atoms with Gasteiger partial charge in [0.1, 0.15) is 12.6 Å². The Hall–Kier alpha value is -1.18. The van der Waals surface area contributed by atoms with Crippen LogP contribution >= 0.6 is 0 Å². The molecule has 0 bridgehead atoms. The molecule has 1 saturated carbocycles. The summed E-state index contributed by atoms with van der Waals surface area (Å²) in [6.45, 7) is 8.14. The summed E-state index contributed by atoms with van der Waals surface area (Å²) < 4.78 is 5.04. The van der Waals surface area contributed by atoms with Crippen molar-refractivity contribution in [1.82, 2.24) is 15.1 Å². The second-order valence-corrected chi connectivity index (χ2v) is 9.15. The van der Waals surface area contributed by atoms with E-state index in [2.05, 4.69) is 24.1 Å². The molecule has 1 aliphatic carbocycles. The number of likely N-dealkylation sites (tertiary alicyclic amines) is 1. The fraction of sp³-hybridized carbons (Fsp3) is 0.909. The maximum absolute atomic E-state index is 12.8. The topological polar surface area (TPSA) is 87.9 Å². The quantitative estimate of drug-likeness (QED) is 0.571. The standard InChI is InChI=1S/C22H42N4O3/c1-17(2)14-25(15-18-7-5-4-6-8-18)19-9-12-26(21(27)16-29-3)20(13-19)22(28)24-11-10-23/h17-20H,4-16,23H2,1-3H3,(H,24,28)/t19?,20-/m1/s1. The Morgan fingerprint density at radius 3 is 2.55 bits per heavy atom. The number of ether oxygens (including phenoxy) is 1. The van der Waals surface area contributed by atoms with Crippen molar-refractivity contribution >= 4 is 11.8 Å². The average Bonchev–Trinajstić information content (AvgIpc) is 2.71. The van der Waals surface area contributed by atoms with Crippen molar-refractivity contribution in [3.63, 3.8) is 0 Å². The van der Waals surface area contributed by atoms with Crippen molar-refractivity contribution in [3.05, 3.63) is 0 Å². The van der Waals surface area contributed by atoms with E-state index in [1.165, 1.54) is 39.2 Å². The summed E-state index contributed by atoms with van der Waals surface area (Å²) in [5, 5.41) is 2.89. The lowest BCUT2D eigenvalue weighted by atomic mass is 9.87. The van der Waals surface area contributed by atoms with Crippen molar-refractivity contribution in [2.45, 2.75) is 70.9 Å². The fourth-order valence-corrected chi connectivity index (χ4v) is 4.89. The number of carbonyl (C=O) groups excluding carboxylic acids is 2. The molecule has 29 heavy (non-hydrogen) atoms. The lowest BCUT2D eigenvalue weighted by molar-refractivity contribution is -0.146. The summed E-state index contributed by atoms with van der Waals surface area (Å²) in [7, 11) is 1.52. The van der Waals surface area contributed by atoms with Crippen LogP contribution in [0.2, 0.25) is 0 Å². The summed E-state index contributed by atoms with van der Waals surface area (Å²) in [6.07, 6.45) is 8.29. The van der Waals surface area contributed by atoms with Crippen LogP contribution in [0.15, 0.2) is 0 Å². The van der Waals surface area contributed by atoms with Crippen LogP contribution in [-0.4, -0.2) is 80.1 Å². The predicted molar refractivity (Wildman–Crippen MR) is 115 cm³/mol. The van der Waals surface area contributed by atoms with E-state index in [4.69, 9.17) is 10.5 Å². The molecule has 2 aliphatic rings. The highest BCUT2D eigenvalue weighted by atomic mass is 16.5. The molecule has 7 nitrogen and oxygen atoms in total. The van der Waals surface area contributed by atoms with Crippen LogP contribution in [-0.2, 0) is 14.3 Å². The van der Waals surface area contributed by atoms with Gasteiger partial charge in [-0.25, -0.2) is 0 Å². The maximum Gasteiger partial charge on any atom is 0.249 e. The van der Waals surface area contributed by atoms with Gasteiger partial charge in [0.15, 0.2) is 0 Å². The Kier molecular flexibility index (Phi) is 10.4. The van der Waals surface area contributed by atoms with E-state index in [0.717, 1.165) is 25.4 Å². The van der Waals surface area contributed by atoms with E-state index in [0.29, 0.717) is 38.0 Å². The van der Waals surface area contributed by atoms with Gasteiger partial charge in [-0.1, -0.05) is 33.1 Å². The number of piperidine rings is 1. The Morgan fingerprint density at radius 2 is 1.93 bits per heavy atom. The largest absolute Gasteiger partial charge is 0.375 e. The molecule has 2 fully saturated rings. The van der Waals surface area contributed by atoms with Crippen LogP contribution < -0.4 is 11.1 Å². The van der Waals surface area contributed by atoms with Crippen LogP contribution in [0.25, 0.3) is 0 Å². The fourth-order valence-electron chi connectivity index (χ4n) is 4.89. The lowest BCUT2D eigenvalue weighted by Gasteiger charge is -2.44. The van der Waals surface area contributed by atoms with Crippen LogP contribution in [0.5, 0.6) is 0 Å². The first kappa shape index (κ1) is 24.1. The zero-order valence-corrected chi connectivity index (χ0v) is 18.7. The van der Waals surface area contributed by atoms with E-state index < -0.39 is 6.04 Å². The molecular formula is C22H42N4O3. The minimum atomic E-state index is -0.441. The van der Waals surface area contributed by atoms with Gasteiger partial charge >= 0.3 is 0 Å². The maximum atomic E-state index is 12.8. The summed E-state index contributed by atoms with van der Waals surface area (Å²) in [5.74, 6) is 1.14. The highest BCUT2D eigenvalue weighted by Crippen LogP contribution is 2.29. The van der Waals surface area contributed by atoms with E-state index in [-0.39, 0.29) is 18.4 Å². The number of rotatable bonds is 10. The minimum Gasteiger partial charge on any atom is -0.375 e. The molecule has 2 rings (SSSR count). The number of methoxy groups -OCH3 is 1. The molecule has 1 aliphatic heterocycles. The SMILES string of the molecule is COCC(=O)N1CCC(N(CC(C)C)CC2CCCCC2)C[C@@H]1C(=O)NCCN. The van der Waals surface area contributed by atoms with Crippen molar-refractivity contribution in [1.29, 1.82) is 0 Å². The zero-order valence-electron chi connectivity index (χ0n) is 18.7. The molecule has 3 N–H and O–H groups in total. The first-order valence-electron chi connectivity index (χ1n) is 11.5. The molecule has 0 radical (unpaired) electrons. The molecule has 1 heterocycles. The Bertz CT molecular complexity index is 508. The van der Waals surface area contributed by atoms with Gasteiger partial charge in [-0.2, -0.15) is 0 Å². The molecule has 7 heteroatoms. The van der Waals surface area contributed by atoms with Gasteiger partial charge in [0.2, 0.25) is 11.8 Å². The summed E-state index contributed by atoms with van der Waals surface area (Å²) in [5.41, 5.74) is 5.56. The van der Waals surface area contributed by atoms with Gasteiger partial charge in [0, 0.05) is 45.9 Å². The first-order chi connectivity index (χ1) is 14.0. The van der Waals surface area contributed by atoms with Gasteiger partial charge in [-0.3, -0.25) is 14.5 Å². The van der Waals surface area contributed by atoms with E-state index in [9.17, 15) is 9.59 Å². The highest BCUT2D eigenvalue weighted by molar-refractivity contribution is 5.88. The van der Waals surface area contributed by atoms with Crippen molar-refractivity contribution in [2.24, 2.45) is 17.6 Å². The monoisotopic (exact) mass is 410 g/mol. The summed E-state index contributed by atoms with van der Waals surface area (Å²) in [4.78, 5) is 29.7. The minimum absolute atomic E-state index is 0.0170. The van der Waals surface area contributed by atoms with E-state index >= 15 is 0 Å². The number of carbonyl (C=O) groups is 2. The van der Waals surface area contributed by atoms with Crippen LogP contribution in [0, 0.1) is 11.8 Å². The third-order valence-corrected chi connectivity index (χ3v) is 6.24. The Morgan fingerprint density at radius 1 is 1.21 bits per heavy atom. The molecule has 0 aromatic carbocycles. The smallest absolute Gasteiger partial charge is 0.249 e. The molecular weight excluding hydrogens is 368 g/mol. The number of nitrogens with zero attached hydrogens (tertiary/aromatic N) is 2. The van der Waals surface area contributed by atoms with Gasteiger partial charge in [0.05, 0.1) is 0 Å². The van der Waals surface area contributed by atoms with Crippen LogP contribution in [0.1, 0.15) is 58.8 Å². The summed E-state index contributed by atoms with van der Waals surface area (Å²) in [6, 6.07) is -0.108. The van der Waals surface area contributed by atoms with Gasteiger partial charge in [0.25, 0.3) is 0 Å². The molecule has 168 valence electrons. The zero-order chi connectivity index (χ0) is 21.2. The number of hydrogen-bond acceptors (Lipinski definition) is 5. The molecule has 0 aromatic heterocycles. The number of hydrogen-bond donors (Lipinski definition) is 2. The highest BCUT2D eigenvalue weighted by Gasteiger charge is 2.38. The number of amides is 2. The lowest BCUT2D eigenvalue weighted by Crippen LogP contribution is -2.59. The van der Waals surface area contributed by atoms with Gasteiger partial charge < -0.3 is 20.7 Å². The van der Waals surface area contributed by atoms with Crippen molar-refractivity contribution in [3.8, 4) is 0 Å². The molecule has 1 saturated heterocycles. The molecule has 2 atom stereocenters. The second-order valence-electron chi connectivity index (χ2n) is 9.15. The summed E-state index contributed by atoms with van der Waals surface area (Å²) >= 11 is 0. The Labute approximate surface area is 176 Å². The molecule has 0 spiro atoms. The molecule has 0 aromatic rings. The molecule has 2 amide bonds. The van der Waals surface area contributed by atoms with Gasteiger partial charge in [-0.05, 0) is 37.5 Å². The Balaban J connectivity index is 2.10. The molecule has 1 unspecified atom stereocenters. The normalized spacial score (nSPS) is 23.6. The predicted octanol–water partition coefficient (Wildman–Crippen LogP) is 1.61. The number of nitrogens with two attached hydrogens (primary N) is 1. The van der Waals surface area contributed by atoms with Crippen LogP contribution in [0.4, 0.5) is 0 Å². The third kappa shape index (κ3) is 7.54. The van der Waals surface area contributed by atoms with Crippen molar-refractivity contribution in [2.75, 3.05) is 46.4 Å². The van der Waals surface area contributed by atoms with Crippen LogP contribution in [0.3, 0.4) is 0 Å². The first-order valence-corrected chi connectivity index (χ1v) is 11.5. The van der Waals surface area contributed by atoms with E-state index in [1.54, 1.807) is 4.90 Å². The third-order valence-electron chi connectivity index (χ3n) is 6.24. The second kappa shape index (κ2) is 12.5. The average molecular weight is 411 g/mol. The number of nitrogens with one attached hydrogen (secondary N) is 1. The van der Waals surface area contributed by atoms with E-state index in [1.807, 2.05) is 0 Å².